The number of amidine groups is 1. The van der Waals surface area contributed by atoms with Crippen molar-refractivity contribution in [3.05, 3.63) is 59.6 Å². The van der Waals surface area contributed by atoms with Crippen LogP contribution in [0.4, 0.5) is 5.69 Å². The van der Waals surface area contributed by atoms with Gasteiger partial charge in [0.05, 0.1) is 29.8 Å². The summed E-state index contributed by atoms with van der Waals surface area (Å²) in [5.41, 5.74) is 4.07. The summed E-state index contributed by atoms with van der Waals surface area (Å²) in [4.78, 5) is 9.51. The van der Waals surface area contributed by atoms with Gasteiger partial charge in [-0.15, -0.1) is 0 Å². The third kappa shape index (κ3) is 2.69. The summed E-state index contributed by atoms with van der Waals surface area (Å²) in [5.74, 6) is 1.60. The van der Waals surface area contributed by atoms with Crippen LogP contribution in [0.25, 0.3) is 16.6 Å². The third-order valence-electron chi connectivity index (χ3n) is 4.42. The second-order valence-corrected chi connectivity index (χ2v) is 6.29. The first-order chi connectivity index (χ1) is 12.6. The second-order valence-electron chi connectivity index (χ2n) is 6.29. The molecule has 26 heavy (non-hydrogen) atoms. The molecule has 2 aromatic carbocycles. The van der Waals surface area contributed by atoms with Crippen molar-refractivity contribution in [2.45, 2.75) is 13.8 Å². The molecule has 1 aliphatic heterocycles. The van der Waals surface area contributed by atoms with Crippen molar-refractivity contribution in [2.75, 3.05) is 18.1 Å². The number of hydrogen-bond donors (Lipinski definition) is 3. The molecular weight excluding hydrogens is 328 g/mol. The molecule has 0 amide bonds. The van der Waals surface area contributed by atoms with E-state index in [1.54, 1.807) is 4.90 Å². The number of benzene rings is 2. The normalized spacial score (nSPS) is 14.5. The molecule has 0 atom stereocenters. The standard InChI is InChI=1S/C20H20N4O2/c1-3-26-14-6-4-5-13(10-14)24-11-17(25)18(19(24)21)20-22-15-8-7-12(2)9-16(15)23-20/h4-10,21,25H,3,11H2,1-2H3,(H,22,23). The van der Waals surface area contributed by atoms with Gasteiger partial charge in [0.25, 0.3) is 0 Å². The second kappa shape index (κ2) is 6.22. The van der Waals surface area contributed by atoms with E-state index in [0.29, 0.717) is 18.0 Å². The predicted molar refractivity (Wildman–Crippen MR) is 103 cm³/mol. The highest BCUT2D eigenvalue weighted by molar-refractivity contribution is 6.30. The first-order valence-electron chi connectivity index (χ1n) is 8.55. The van der Waals surface area contributed by atoms with Crippen molar-refractivity contribution in [1.29, 1.82) is 5.41 Å². The van der Waals surface area contributed by atoms with Gasteiger partial charge in [-0.3, -0.25) is 5.41 Å². The van der Waals surface area contributed by atoms with E-state index in [9.17, 15) is 5.11 Å². The number of anilines is 1. The first-order valence-corrected chi connectivity index (χ1v) is 8.55. The number of nitrogens with one attached hydrogen (secondary N) is 2. The van der Waals surface area contributed by atoms with Gasteiger partial charge in [0.1, 0.15) is 23.2 Å². The number of fused-ring (bicyclic) bond motifs is 1. The first kappa shape index (κ1) is 16.2. The molecule has 6 nitrogen and oxygen atoms in total. The number of ether oxygens (including phenoxy) is 1. The van der Waals surface area contributed by atoms with Gasteiger partial charge in [-0.1, -0.05) is 12.1 Å². The monoisotopic (exact) mass is 348 g/mol. The van der Waals surface area contributed by atoms with E-state index in [1.807, 2.05) is 56.3 Å². The highest BCUT2D eigenvalue weighted by Gasteiger charge is 2.31. The maximum Gasteiger partial charge on any atom is 0.145 e. The molecule has 132 valence electrons. The molecule has 1 aromatic heterocycles. The molecule has 0 saturated carbocycles. The molecular formula is C20H20N4O2. The number of H-pyrrole nitrogens is 1. The summed E-state index contributed by atoms with van der Waals surface area (Å²) in [6.45, 7) is 4.76. The molecule has 0 fully saturated rings. The van der Waals surface area contributed by atoms with Gasteiger partial charge in [0.15, 0.2) is 0 Å². The molecule has 0 bridgehead atoms. The molecule has 0 aliphatic carbocycles. The number of aliphatic hydroxyl groups excluding tert-OH is 1. The van der Waals surface area contributed by atoms with Crippen LogP contribution in [0.15, 0.2) is 48.2 Å². The van der Waals surface area contributed by atoms with E-state index >= 15 is 0 Å². The van der Waals surface area contributed by atoms with Gasteiger partial charge in [-0.2, -0.15) is 0 Å². The largest absolute Gasteiger partial charge is 0.509 e. The minimum Gasteiger partial charge on any atom is -0.509 e. The highest BCUT2D eigenvalue weighted by Crippen LogP contribution is 2.32. The van der Waals surface area contributed by atoms with Crippen LogP contribution in [0.5, 0.6) is 5.75 Å². The van der Waals surface area contributed by atoms with Gasteiger partial charge in [0, 0.05) is 11.8 Å². The van der Waals surface area contributed by atoms with Gasteiger partial charge in [-0.25, -0.2) is 4.98 Å². The van der Waals surface area contributed by atoms with Crippen LogP contribution in [0, 0.1) is 12.3 Å². The molecule has 6 heteroatoms. The van der Waals surface area contributed by atoms with Crippen LogP contribution in [-0.2, 0) is 0 Å². The summed E-state index contributed by atoms with van der Waals surface area (Å²) >= 11 is 0. The number of nitrogens with zero attached hydrogens (tertiary/aromatic N) is 2. The number of aliphatic hydroxyl groups is 1. The smallest absolute Gasteiger partial charge is 0.145 e. The van der Waals surface area contributed by atoms with E-state index < -0.39 is 0 Å². The lowest BCUT2D eigenvalue weighted by molar-refractivity contribution is 0.340. The van der Waals surface area contributed by atoms with Crippen molar-refractivity contribution >= 4 is 28.1 Å². The number of rotatable bonds is 4. The van der Waals surface area contributed by atoms with Gasteiger partial charge in [0.2, 0.25) is 0 Å². The highest BCUT2D eigenvalue weighted by atomic mass is 16.5. The minimum absolute atomic E-state index is 0.132. The molecule has 3 N–H and O–H groups in total. The Kier molecular flexibility index (Phi) is 3.88. The molecule has 4 rings (SSSR count). The topological polar surface area (TPSA) is 85.2 Å². The van der Waals surface area contributed by atoms with E-state index in [-0.39, 0.29) is 18.1 Å². The van der Waals surface area contributed by atoms with Crippen LogP contribution in [0.3, 0.4) is 0 Å². The number of hydrogen-bond acceptors (Lipinski definition) is 4. The van der Waals surface area contributed by atoms with Gasteiger partial charge < -0.3 is 19.7 Å². The molecule has 2 heterocycles. The Balaban J connectivity index is 1.68. The molecule has 3 aromatic rings. The van der Waals surface area contributed by atoms with Crippen LogP contribution in [-0.4, -0.2) is 34.1 Å². The fourth-order valence-corrected chi connectivity index (χ4v) is 3.20. The van der Waals surface area contributed by atoms with Crippen LogP contribution >= 0.6 is 0 Å². The molecule has 0 unspecified atom stereocenters. The van der Waals surface area contributed by atoms with Gasteiger partial charge >= 0.3 is 0 Å². The van der Waals surface area contributed by atoms with Gasteiger partial charge in [-0.05, 0) is 43.7 Å². The summed E-state index contributed by atoms with van der Waals surface area (Å²) in [6.07, 6.45) is 0. The van der Waals surface area contributed by atoms with Crippen LogP contribution in [0.1, 0.15) is 18.3 Å². The number of aryl methyl sites for hydroxylation is 1. The zero-order chi connectivity index (χ0) is 18.3. The zero-order valence-corrected chi connectivity index (χ0v) is 14.7. The molecule has 0 saturated heterocycles. The van der Waals surface area contributed by atoms with E-state index in [1.165, 1.54) is 0 Å². The Morgan fingerprint density at radius 2 is 2.12 bits per heavy atom. The maximum atomic E-state index is 10.5. The Morgan fingerprint density at radius 3 is 2.92 bits per heavy atom. The third-order valence-corrected chi connectivity index (χ3v) is 4.42. The van der Waals surface area contributed by atoms with E-state index in [4.69, 9.17) is 10.1 Å². The minimum atomic E-state index is 0.132. The van der Waals surface area contributed by atoms with E-state index in [0.717, 1.165) is 28.0 Å². The predicted octanol–water partition coefficient (Wildman–Crippen LogP) is 4.04. The molecule has 0 radical (unpaired) electrons. The lowest BCUT2D eigenvalue weighted by Gasteiger charge is -2.19. The molecule has 0 spiro atoms. The van der Waals surface area contributed by atoms with Crippen molar-refractivity contribution < 1.29 is 9.84 Å². The summed E-state index contributed by atoms with van der Waals surface area (Å²) in [7, 11) is 0. The van der Waals surface area contributed by atoms with Crippen LogP contribution < -0.4 is 9.64 Å². The SMILES string of the molecule is CCOc1cccc(N2CC(O)=C(c3nc4ccc(C)cc4[nH]3)C2=N)c1. The lowest BCUT2D eigenvalue weighted by atomic mass is 10.2. The number of aromatic amines is 1. The fraction of sp³-hybridized carbons (Fsp3) is 0.200. The Morgan fingerprint density at radius 1 is 1.27 bits per heavy atom. The van der Waals surface area contributed by atoms with Crippen molar-refractivity contribution in [3.8, 4) is 5.75 Å². The maximum absolute atomic E-state index is 10.5. The van der Waals surface area contributed by atoms with Crippen molar-refractivity contribution in [1.82, 2.24) is 9.97 Å². The Labute approximate surface area is 151 Å². The van der Waals surface area contributed by atoms with Crippen molar-refractivity contribution in [3.63, 3.8) is 0 Å². The van der Waals surface area contributed by atoms with Crippen molar-refractivity contribution in [2.24, 2.45) is 0 Å². The summed E-state index contributed by atoms with van der Waals surface area (Å²) < 4.78 is 5.54. The summed E-state index contributed by atoms with van der Waals surface area (Å²) in [6, 6.07) is 13.5. The average Bonchev–Trinajstić information content (AvgIpc) is 3.15. The fourth-order valence-electron chi connectivity index (χ4n) is 3.20. The average molecular weight is 348 g/mol. The molecule has 1 aliphatic rings. The Bertz CT molecular complexity index is 1040. The van der Waals surface area contributed by atoms with Crippen LogP contribution in [0.2, 0.25) is 0 Å². The van der Waals surface area contributed by atoms with E-state index in [2.05, 4.69) is 9.97 Å². The summed E-state index contributed by atoms with van der Waals surface area (Å²) in [5, 5.41) is 19.1. The number of imidazole rings is 1. The Hall–Kier alpha value is -3.28. The lowest BCUT2D eigenvalue weighted by Crippen LogP contribution is -2.26. The zero-order valence-electron chi connectivity index (χ0n) is 14.7. The quantitative estimate of drug-likeness (QED) is 0.664. The number of aromatic nitrogens is 2.